The third-order valence-corrected chi connectivity index (χ3v) is 7.93. The first-order valence-corrected chi connectivity index (χ1v) is 14.0. The Morgan fingerprint density at radius 2 is 1.46 bits per heavy atom. The molecule has 0 saturated heterocycles. The van der Waals surface area contributed by atoms with Gasteiger partial charge in [0.2, 0.25) is 0 Å². The van der Waals surface area contributed by atoms with Crippen molar-refractivity contribution in [3.05, 3.63) is 52.6 Å². The average Bonchev–Trinajstić information content (AvgIpc) is 3.11. The van der Waals surface area contributed by atoms with E-state index in [0.717, 1.165) is 24.0 Å². The standard InChI is InChI=1S/C32H46N2O5/c1-10-32(8,39-17-14-31(6,7)37-9)15-16-38-27-19-25-24(18-26(27)33)29(35)34(30(25)36)28-22(20(2)3)12-11-13-23(28)21(4)5/h11-13,18-21H,10,14-17,33H2,1-9H3. The van der Waals surface area contributed by atoms with Gasteiger partial charge in [-0.2, -0.15) is 0 Å². The minimum absolute atomic E-state index is 0.141. The summed E-state index contributed by atoms with van der Waals surface area (Å²) in [5, 5.41) is 0. The Morgan fingerprint density at radius 3 is 1.97 bits per heavy atom. The SMILES string of the molecule is CCC(C)(CCOc1cc2c(cc1N)C(=O)N(c1c(C(C)C)cccc1C(C)C)C2=O)OCCC(C)(C)OC. The molecule has 0 fully saturated rings. The fraction of sp³-hybridized carbons (Fsp3) is 0.562. The highest BCUT2D eigenvalue weighted by Gasteiger charge is 2.40. The molecular formula is C32H46N2O5. The van der Waals surface area contributed by atoms with Crippen LogP contribution in [-0.2, 0) is 9.47 Å². The molecule has 0 spiro atoms. The molecule has 0 bridgehead atoms. The van der Waals surface area contributed by atoms with Crippen molar-refractivity contribution in [2.24, 2.45) is 0 Å². The number of methoxy groups -OCH3 is 1. The highest BCUT2D eigenvalue weighted by atomic mass is 16.5. The number of nitrogen functional groups attached to an aromatic ring is 1. The number of benzene rings is 2. The van der Waals surface area contributed by atoms with Gasteiger partial charge in [0.05, 0.1) is 46.9 Å². The number of para-hydroxylation sites is 1. The molecule has 2 aromatic rings. The lowest BCUT2D eigenvalue weighted by atomic mass is 9.92. The molecule has 1 aliphatic heterocycles. The van der Waals surface area contributed by atoms with Crippen molar-refractivity contribution in [2.75, 3.05) is 31.0 Å². The molecule has 2 amide bonds. The monoisotopic (exact) mass is 538 g/mol. The molecule has 0 saturated carbocycles. The van der Waals surface area contributed by atoms with Gasteiger partial charge in [-0.05, 0) is 68.7 Å². The molecule has 0 radical (unpaired) electrons. The van der Waals surface area contributed by atoms with Gasteiger partial charge in [0.25, 0.3) is 11.8 Å². The Bertz CT molecular complexity index is 1180. The van der Waals surface area contributed by atoms with E-state index >= 15 is 0 Å². The van der Waals surface area contributed by atoms with Gasteiger partial charge >= 0.3 is 0 Å². The molecule has 1 heterocycles. The molecule has 7 heteroatoms. The maximum atomic E-state index is 13.7. The summed E-state index contributed by atoms with van der Waals surface area (Å²) in [5.41, 5.74) is 9.27. The van der Waals surface area contributed by atoms with Crippen LogP contribution in [0, 0.1) is 0 Å². The van der Waals surface area contributed by atoms with E-state index in [0.29, 0.717) is 47.9 Å². The lowest BCUT2D eigenvalue weighted by Crippen LogP contribution is -2.33. The van der Waals surface area contributed by atoms with Gasteiger partial charge < -0.3 is 19.9 Å². The van der Waals surface area contributed by atoms with Crippen LogP contribution in [0.3, 0.4) is 0 Å². The first-order valence-electron chi connectivity index (χ1n) is 14.0. The second kappa shape index (κ2) is 12.1. The molecule has 7 nitrogen and oxygen atoms in total. The number of ether oxygens (including phenoxy) is 3. The first kappa shape index (κ1) is 30.6. The van der Waals surface area contributed by atoms with Crippen LogP contribution in [0.5, 0.6) is 5.75 Å². The summed E-state index contributed by atoms with van der Waals surface area (Å²) >= 11 is 0. The number of amides is 2. The van der Waals surface area contributed by atoms with Crippen LogP contribution in [0.25, 0.3) is 0 Å². The quantitative estimate of drug-likeness (QED) is 0.216. The van der Waals surface area contributed by atoms with Crippen LogP contribution < -0.4 is 15.4 Å². The van der Waals surface area contributed by atoms with E-state index in [1.54, 1.807) is 19.2 Å². The molecular weight excluding hydrogens is 492 g/mol. The molecule has 2 aromatic carbocycles. The van der Waals surface area contributed by atoms with Gasteiger partial charge in [-0.1, -0.05) is 52.8 Å². The van der Waals surface area contributed by atoms with Crippen molar-refractivity contribution >= 4 is 23.2 Å². The van der Waals surface area contributed by atoms with E-state index in [-0.39, 0.29) is 34.9 Å². The summed E-state index contributed by atoms with van der Waals surface area (Å²) in [5.74, 6) is -0.0197. The number of nitrogens with zero attached hydrogens (tertiary/aromatic N) is 1. The molecule has 3 rings (SSSR count). The number of rotatable bonds is 13. The van der Waals surface area contributed by atoms with E-state index in [9.17, 15) is 9.59 Å². The number of nitrogens with two attached hydrogens (primary N) is 1. The summed E-state index contributed by atoms with van der Waals surface area (Å²) in [7, 11) is 1.71. The van der Waals surface area contributed by atoms with Crippen molar-refractivity contribution in [2.45, 2.75) is 97.7 Å². The van der Waals surface area contributed by atoms with Gasteiger partial charge in [0, 0.05) is 13.5 Å². The summed E-state index contributed by atoms with van der Waals surface area (Å²) in [6.45, 7) is 17.4. The summed E-state index contributed by atoms with van der Waals surface area (Å²) in [6, 6.07) is 9.15. The minimum Gasteiger partial charge on any atom is -0.491 e. The summed E-state index contributed by atoms with van der Waals surface area (Å²) in [6.07, 6.45) is 2.24. The fourth-order valence-corrected chi connectivity index (χ4v) is 4.75. The van der Waals surface area contributed by atoms with Gasteiger partial charge in [0.1, 0.15) is 5.75 Å². The van der Waals surface area contributed by atoms with Gasteiger partial charge in [-0.25, -0.2) is 4.90 Å². The minimum atomic E-state index is -0.369. The van der Waals surface area contributed by atoms with Crippen LogP contribution in [0.1, 0.15) is 118 Å². The highest BCUT2D eigenvalue weighted by molar-refractivity contribution is 6.35. The topological polar surface area (TPSA) is 91.1 Å². The van der Waals surface area contributed by atoms with Gasteiger partial charge in [-0.3, -0.25) is 9.59 Å². The number of anilines is 2. The van der Waals surface area contributed by atoms with E-state index in [2.05, 4.69) is 41.5 Å². The van der Waals surface area contributed by atoms with E-state index in [4.69, 9.17) is 19.9 Å². The highest BCUT2D eigenvalue weighted by Crippen LogP contribution is 2.41. The molecule has 2 N–H and O–H groups in total. The maximum Gasteiger partial charge on any atom is 0.266 e. The number of hydrogen-bond acceptors (Lipinski definition) is 6. The third-order valence-electron chi connectivity index (χ3n) is 7.93. The summed E-state index contributed by atoms with van der Waals surface area (Å²) < 4.78 is 17.8. The van der Waals surface area contributed by atoms with Gasteiger partial charge in [-0.15, -0.1) is 0 Å². The van der Waals surface area contributed by atoms with E-state index in [1.807, 2.05) is 32.0 Å². The van der Waals surface area contributed by atoms with Crippen LogP contribution in [0.2, 0.25) is 0 Å². The zero-order valence-electron chi connectivity index (χ0n) is 25.1. The Hall–Kier alpha value is -2.90. The van der Waals surface area contributed by atoms with Crippen LogP contribution >= 0.6 is 0 Å². The third kappa shape index (κ3) is 6.64. The van der Waals surface area contributed by atoms with Crippen molar-refractivity contribution in [3.63, 3.8) is 0 Å². The lowest BCUT2D eigenvalue weighted by molar-refractivity contribution is -0.0755. The smallest absolute Gasteiger partial charge is 0.266 e. The Balaban J connectivity index is 1.81. The number of carbonyl (C=O) groups is 2. The molecule has 39 heavy (non-hydrogen) atoms. The number of hydrogen-bond donors (Lipinski definition) is 1. The number of carbonyl (C=O) groups excluding carboxylic acids is 2. The van der Waals surface area contributed by atoms with E-state index in [1.165, 1.54) is 4.90 Å². The second-order valence-electron chi connectivity index (χ2n) is 11.9. The molecule has 214 valence electrons. The predicted octanol–water partition coefficient (Wildman–Crippen LogP) is 7.09. The Kier molecular flexibility index (Phi) is 9.50. The zero-order valence-corrected chi connectivity index (χ0v) is 25.1. The summed E-state index contributed by atoms with van der Waals surface area (Å²) in [4.78, 5) is 28.6. The average molecular weight is 539 g/mol. The normalized spacial score (nSPS) is 15.3. The molecule has 0 aromatic heterocycles. The fourth-order valence-electron chi connectivity index (χ4n) is 4.75. The van der Waals surface area contributed by atoms with Crippen molar-refractivity contribution in [1.29, 1.82) is 0 Å². The molecule has 1 unspecified atom stereocenters. The Morgan fingerprint density at radius 1 is 0.897 bits per heavy atom. The maximum absolute atomic E-state index is 13.7. The van der Waals surface area contributed by atoms with Crippen molar-refractivity contribution < 1.29 is 23.8 Å². The largest absolute Gasteiger partial charge is 0.491 e. The number of imide groups is 1. The van der Waals surface area contributed by atoms with Crippen molar-refractivity contribution in [3.8, 4) is 5.75 Å². The van der Waals surface area contributed by atoms with Crippen LogP contribution in [0.15, 0.2) is 30.3 Å². The first-order chi connectivity index (χ1) is 18.2. The Labute approximate surface area is 234 Å². The predicted molar refractivity (Wildman–Crippen MR) is 157 cm³/mol. The van der Waals surface area contributed by atoms with E-state index < -0.39 is 0 Å². The van der Waals surface area contributed by atoms with Crippen LogP contribution in [-0.4, -0.2) is 43.3 Å². The lowest BCUT2D eigenvalue weighted by Gasteiger charge is -2.31. The van der Waals surface area contributed by atoms with Gasteiger partial charge in [0.15, 0.2) is 0 Å². The molecule has 1 atom stereocenters. The molecule has 1 aliphatic rings. The number of fused-ring (bicyclic) bond motifs is 1. The molecule has 0 aliphatic carbocycles. The van der Waals surface area contributed by atoms with Crippen LogP contribution in [0.4, 0.5) is 11.4 Å². The zero-order chi connectivity index (χ0) is 29.1. The second-order valence-corrected chi connectivity index (χ2v) is 11.9. The van der Waals surface area contributed by atoms with Crippen molar-refractivity contribution in [1.82, 2.24) is 0 Å².